The summed E-state index contributed by atoms with van der Waals surface area (Å²) in [6.45, 7) is 1.59. The Morgan fingerprint density at radius 1 is 1.27 bits per heavy atom. The molecule has 0 aromatic heterocycles. The molecule has 1 saturated heterocycles. The maximum Gasteiger partial charge on any atom is 0.266 e. The van der Waals surface area contributed by atoms with Gasteiger partial charge in [-0.1, -0.05) is 0 Å². The van der Waals surface area contributed by atoms with E-state index in [9.17, 15) is 13.9 Å². The van der Waals surface area contributed by atoms with Crippen LogP contribution in [0.25, 0.3) is 0 Å². The summed E-state index contributed by atoms with van der Waals surface area (Å²) >= 11 is 0. The predicted octanol–water partition coefficient (Wildman–Crippen LogP) is 0.366. The van der Waals surface area contributed by atoms with Gasteiger partial charge in [-0.25, -0.2) is 8.78 Å². The van der Waals surface area contributed by atoms with Gasteiger partial charge in [0.05, 0.1) is 0 Å². The number of halogens is 2. The minimum atomic E-state index is -2.58. The van der Waals surface area contributed by atoms with Gasteiger partial charge in [0.15, 0.2) is 0 Å². The summed E-state index contributed by atoms with van der Waals surface area (Å²) < 4.78 is 24.2. The number of hydrogen-bond donors (Lipinski definition) is 2. The van der Waals surface area contributed by atoms with Crippen LogP contribution in [-0.4, -0.2) is 30.2 Å². The zero-order valence-electron chi connectivity index (χ0n) is 6.11. The summed E-state index contributed by atoms with van der Waals surface area (Å²) in [5.41, 5.74) is -1.65. The van der Waals surface area contributed by atoms with Crippen molar-refractivity contribution in [2.24, 2.45) is 5.41 Å². The molecule has 1 aliphatic heterocycles. The highest BCUT2D eigenvalue weighted by atomic mass is 19.3. The third kappa shape index (κ3) is 0.891. The van der Waals surface area contributed by atoms with E-state index in [1.807, 2.05) is 0 Å². The SMILES string of the molecule is OC1(C(F)F)CC2(CNC2)C1. The highest BCUT2D eigenvalue weighted by molar-refractivity contribution is 5.11. The summed E-state index contributed by atoms with van der Waals surface area (Å²) in [6, 6.07) is 0. The first kappa shape index (κ1) is 7.43. The monoisotopic (exact) mass is 163 g/mol. The highest BCUT2D eigenvalue weighted by Crippen LogP contribution is 2.53. The zero-order chi connectivity index (χ0) is 8.11. The number of aliphatic hydroxyl groups is 1. The number of alkyl halides is 2. The maximum atomic E-state index is 12.1. The summed E-state index contributed by atoms with van der Waals surface area (Å²) in [4.78, 5) is 0. The fourth-order valence-corrected chi connectivity index (χ4v) is 2.13. The van der Waals surface area contributed by atoms with Crippen LogP contribution in [0, 0.1) is 5.41 Å². The molecule has 1 heterocycles. The molecule has 0 atom stereocenters. The summed E-state index contributed by atoms with van der Waals surface area (Å²) in [5, 5.41) is 12.2. The Labute approximate surface area is 63.6 Å². The van der Waals surface area contributed by atoms with Gasteiger partial charge in [-0.2, -0.15) is 0 Å². The van der Waals surface area contributed by atoms with Crippen molar-refractivity contribution in [2.75, 3.05) is 13.1 Å². The molecular weight excluding hydrogens is 152 g/mol. The van der Waals surface area contributed by atoms with Gasteiger partial charge in [-0.15, -0.1) is 0 Å². The molecule has 2 nitrogen and oxygen atoms in total. The van der Waals surface area contributed by atoms with Crippen LogP contribution in [0.1, 0.15) is 12.8 Å². The molecule has 2 N–H and O–H groups in total. The minimum absolute atomic E-state index is 0.0190. The summed E-state index contributed by atoms with van der Waals surface area (Å²) in [6.07, 6.45) is -2.04. The number of rotatable bonds is 1. The molecule has 0 bridgehead atoms. The zero-order valence-corrected chi connectivity index (χ0v) is 6.11. The Hall–Kier alpha value is -0.220. The van der Waals surface area contributed by atoms with E-state index in [-0.39, 0.29) is 18.3 Å². The van der Waals surface area contributed by atoms with Crippen LogP contribution in [0.3, 0.4) is 0 Å². The molecule has 1 aliphatic carbocycles. The third-order valence-electron chi connectivity index (χ3n) is 2.77. The largest absolute Gasteiger partial charge is 0.384 e. The van der Waals surface area contributed by atoms with Crippen molar-refractivity contribution in [1.29, 1.82) is 0 Å². The molecule has 64 valence electrons. The summed E-state index contributed by atoms with van der Waals surface area (Å²) in [7, 11) is 0. The first-order valence-corrected chi connectivity index (χ1v) is 3.78. The molecule has 0 radical (unpaired) electrons. The molecule has 4 heteroatoms. The Balaban J connectivity index is 1.95. The molecule has 0 unspecified atom stereocenters. The van der Waals surface area contributed by atoms with Gasteiger partial charge in [0.25, 0.3) is 6.43 Å². The second-order valence-electron chi connectivity index (χ2n) is 3.86. The topological polar surface area (TPSA) is 32.3 Å². The van der Waals surface area contributed by atoms with Crippen molar-refractivity contribution >= 4 is 0 Å². The first-order chi connectivity index (χ1) is 5.06. The average Bonchev–Trinajstić information content (AvgIpc) is 1.75. The van der Waals surface area contributed by atoms with E-state index in [4.69, 9.17) is 0 Å². The molecule has 11 heavy (non-hydrogen) atoms. The molecule has 2 aliphatic rings. The van der Waals surface area contributed by atoms with Gasteiger partial charge in [-0.05, 0) is 12.8 Å². The molecule has 1 spiro atoms. The molecule has 0 amide bonds. The normalized spacial score (nSPS) is 31.6. The Bertz CT molecular complexity index is 171. The van der Waals surface area contributed by atoms with E-state index in [1.165, 1.54) is 0 Å². The van der Waals surface area contributed by atoms with E-state index in [0.717, 1.165) is 13.1 Å². The van der Waals surface area contributed by atoms with Crippen LogP contribution in [0.15, 0.2) is 0 Å². The lowest BCUT2D eigenvalue weighted by atomic mass is 9.56. The quantitative estimate of drug-likeness (QED) is 0.585. The molecule has 0 aromatic carbocycles. The van der Waals surface area contributed by atoms with E-state index in [0.29, 0.717) is 0 Å². The molecule has 2 rings (SSSR count). The van der Waals surface area contributed by atoms with Crippen molar-refractivity contribution < 1.29 is 13.9 Å². The maximum absolute atomic E-state index is 12.1. The lowest BCUT2D eigenvalue weighted by molar-refractivity contribution is -0.215. The lowest BCUT2D eigenvalue weighted by Gasteiger charge is -2.58. The van der Waals surface area contributed by atoms with Gasteiger partial charge in [0.1, 0.15) is 5.60 Å². The van der Waals surface area contributed by atoms with Gasteiger partial charge >= 0.3 is 0 Å². The fourth-order valence-electron chi connectivity index (χ4n) is 2.13. The van der Waals surface area contributed by atoms with Crippen molar-refractivity contribution in [3.05, 3.63) is 0 Å². The minimum Gasteiger partial charge on any atom is -0.384 e. The van der Waals surface area contributed by atoms with Crippen molar-refractivity contribution in [1.82, 2.24) is 5.32 Å². The van der Waals surface area contributed by atoms with Crippen LogP contribution >= 0.6 is 0 Å². The van der Waals surface area contributed by atoms with Crippen LogP contribution in [0.5, 0.6) is 0 Å². The van der Waals surface area contributed by atoms with Gasteiger partial charge in [-0.3, -0.25) is 0 Å². The highest BCUT2D eigenvalue weighted by Gasteiger charge is 2.60. The molecular formula is C7H11F2NO. The molecule has 1 saturated carbocycles. The fraction of sp³-hybridized carbons (Fsp3) is 1.00. The second kappa shape index (κ2) is 1.93. The smallest absolute Gasteiger partial charge is 0.266 e. The van der Waals surface area contributed by atoms with Crippen molar-refractivity contribution in [3.63, 3.8) is 0 Å². The Kier molecular flexibility index (Phi) is 1.30. The Morgan fingerprint density at radius 2 is 1.82 bits per heavy atom. The van der Waals surface area contributed by atoms with Crippen LogP contribution in [-0.2, 0) is 0 Å². The van der Waals surface area contributed by atoms with Crippen molar-refractivity contribution in [3.8, 4) is 0 Å². The Morgan fingerprint density at radius 3 is 2.09 bits per heavy atom. The predicted molar refractivity (Wildman–Crippen MR) is 35.5 cm³/mol. The number of nitrogens with one attached hydrogen (secondary N) is 1. The molecule has 2 fully saturated rings. The molecule has 0 aromatic rings. The van der Waals surface area contributed by atoms with Gasteiger partial charge in [0, 0.05) is 18.5 Å². The average molecular weight is 163 g/mol. The second-order valence-corrected chi connectivity index (χ2v) is 3.86. The van der Waals surface area contributed by atoms with E-state index < -0.39 is 12.0 Å². The van der Waals surface area contributed by atoms with Crippen LogP contribution < -0.4 is 5.32 Å². The first-order valence-electron chi connectivity index (χ1n) is 3.78. The number of hydrogen-bond acceptors (Lipinski definition) is 2. The van der Waals surface area contributed by atoms with E-state index in [1.54, 1.807) is 0 Å². The van der Waals surface area contributed by atoms with Gasteiger partial charge < -0.3 is 10.4 Å². The van der Waals surface area contributed by atoms with Gasteiger partial charge in [0.2, 0.25) is 0 Å². The standard InChI is InChI=1S/C7H11F2NO/c8-5(9)7(11)1-6(2-7)3-10-4-6/h5,10-11H,1-4H2. The third-order valence-corrected chi connectivity index (χ3v) is 2.77. The van der Waals surface area contributed by atoms with Crippen LogP contribution in [0.2, 0.25) is 0 Å². The lowest BCUT2D eigenvalue weighted by Crippen LogP contribution is -2.68. The van der Waals surface area contributed by atoms with Crippen molar-refractivity contribution in [2.45, 2.75) is 24.9 Å². The van der Waals surface area contributed by atoms with E-state index >= 15 is 0 Å². The van der Waals surface area contributed by atoms with E-state index in [2.05, 4.69) is 5.32 Å². The summed E-state index contributed by atoms with van der Waals surface area (Å²) in [5.74, 6) is 0. The van der Waals surface area contributed by atoms with Crippen LogP contribution in [0.4, 0.5) is 8.78 Å².